The summed E-state index contributed by atoms with van der Waals surface area (Å²) in [5.74, 6) is 0.926. The van der Waals surface area contributed by atoms with Crippen LogP contribution in [-0.4, -0.2) is 47.2 Å². The molecule has 7 heteroatoms. The summed E-state index contributed by atoms with van der Waals surface area (Å²) in [4.78, 5) is 34.0. The lowest BCUT2D eigenvalue weighted by atomic mass is 10.1. The van der Waals surface area contributed by atoms with Crippen LogP contribution < -0.4 is 10.3 Å². The Morgan fingerprint density at radius 2 is 1.68 bits per heavy atom. The van der Waals surface area contributed by atoms with Gasteiger partial charge < -0.3 is 14.4 Å². The molecule has 3 aromatic carbocycles. The average molecular weight is 500 g/mol. The van der Waals surface area contributed by atoms with Gasteiger partial charge in [0.15, 0.2) is 6.61 Å². The Labute approximate surface area is 217 Å². The summed E-state index contributed by atoms with van der Waals surface area (Å²) < 4.78 is 12.7. The molecule has 0 bridgehead atoms. The number of ether oxygens (including phenoxy) is 2. The highest BCUT2D eigenvalue weighted by atomic mass is 16.5. The number of hydrogen-bond acceptors (Lipinski definition) is 5. The van der Waals surface area contributed by atoms with Gasteiger partial charge >= 0.3 is 0 Å². The first-order valence-corrected chi connectivity index (χ1v) is 12.6. The van der Waals surface area contributed by atoms with Crippen molar-refractivity contribution in [2.45, 2.75) is 32.7 Å². The Hall–Kier alpha value is -3.97. The summed E-state index contributed by atoms with van der Waals surface area (Å²) in [7, 11) is 1.60. The van der Waals surface area contributed by atoms with Gasteiger partial charge in [0.2, 0.25) is 0 Å². The summed E-state index contributed by atoms with van der Waals surface area (Å²) in [5, 5.41) is 0.530. The molecule has 0 saturated carbocycles. The lowest BCUT2D eigenvalue weighted by Crippen LogP contribution is -2.42. The maximum absolute atomic E-state index is 13.8. The van der Waals surface area contributed by atoms with Crippen LogP contribution in [-0.2, 0) is 16.0 Å². The Bertz CT molecular complexity index is 1380. The first-order chi connectivity index (χ1) is 18.1. The molecule has 7 nitrogen and oxygen atoms in total. The van der Waals surface area contributed by atoms with E-state index in [1.807, 2.05) is 79.7 Å². The fourth-order valence-electron chi connectivity index (χ4n) is 4.43. The number of hydrogen-bond donors (Lipinski definition) is 0. The minimum atomic E-state index is -0.467. The molecule has 0 aliphatic carbocycles. The quantitative estimate of drug-likeness (QED) is 0.292. The van der Waals surface area contributed by atoms with Crippen molar-refractivity contribution in [3.8, 4) is 11.4 Å². The molecule has 192 valence electrons. The van der Waals surface area contributed by atoms with Gasteiger partial charge in [-0.1, -0.05) is 56.3 Å². The van der Waals surface area contributed by atoms with Crippen molar-refractivity contribution in [2.24, 2.45) is 0 Å². The molecule has 0 saturated heterocycles. The Morgan fingerprint density at radius 3 is 2.35 bits per heavy atom. The molecule has 1 unspecified atom stereocenters. The van der Waals surface area contributed by atoms with Crippen LogP contribution in [0.4, 0.5) is 0 Å². The monoisotopic (exact) mass is 499 g/mol. The molecule has 0 aliphatic heterocycles. The van der Waals surface area contributed by atoms with Gasteiger partial charge in [0.1, 0.15) is 11.6 Å². The van der Waals surface area contributed by atoms with E-state index in [2.05, 4.69) is 6.92 Å². The number of benzene rings is 3. The third-order valence-corrected chi connectivity index (χ3v) is 6.43. The second-order valence-electron chi connectivity index (χ2n) is 8.75. The highest BCUT2D eigenvalue weighted by Crippen LogP contribution is 2.26. The lowest BCUT2D eigenvalue weighted by molar-refractivity contribution is -0.137. The zero-order chi connectivity index (χ0) is 26.2. The zero-order valence-corrected chi connectivity index (χ0v) is 21.6. The molecular weight excluding hydrogens is 466 g/mol. The van der Waals surface area contributed by atoms with Gasteiger partial charge in [-0.15, -0.1) is 0 Å². The van der Waals surface area contributed by atoms with Crippen LogP contribution in [0.25, 0.3) is 16.6 Å². The fourth-order valence-corrected chi connectivity index (χ4v) is 4.43. The van der Waals surface area contributed by atoms with Gasteiger partial charge in [-0.25, -0.2) is 4.98 Å². The maximum atomic E-state index is 13.8. The summed E-state index contributed by atoms with van der Waals surface area (Å²) in [6, 6.07) is 24.0. The van der Waals surface area contributed by atoms with Crippen LogP contribution in [0, 0.1) is 0 Å². The normalized spacial score (nSPS) is 11.9. The molecule has 4 rings (SSSR count). The van der Waals surface area contributed by atoms with Crippen molar-refractivity contribution in [3.05, 3.63) is 101 Å². The van der Waals surface area contributed by atoms with Crippen molar-refractivity contribution in [2.75, 3.05) is 26.9 Å². The standard InChI is InChI=1S/C30H33N3O4/c1-4-22-15-17-23(18-16-22)33-29(31-26-14-10-9-13-25(26)30(33)35)27(5-2)32(19-20-36-3)28(34)21-37-24-11-7-6-8-12-24/h6-18,27H,4-5,19-21H2,1-3H3. The van der Waals surface area contributed by atoms with Crippen LogP contribution in [0.5, 0.6) is 5.75 Å². The molecule has 4 aromatic rings. The van der Waals surface area contributed by atoms with Crippen LogP contribution >= 0.6 is 0 Å². The Kier molecular flexibility index (Phi) is 8.69. The molecule has 37 heavy (non-hydrogen) atoms. The number of fused-ring (bicyclic) bond motifs is 1. The van der Waals surface area contributed by atoms with E-state index in [1.54, 1.807) is 22.6 Å². The highest BCUT2D eigenvalue weighted by molar-refractivity contribution is 5.79. The van der Waals surface area contributed by atoms with E-state index in [4.69, 9.17) is 14.5 Å². The number of aromatic nitrogens is 2. The molecule has 1 amide bonds. The van der Waals surface area contributed by atoms with Crippen LogP contribution in [0.2, 0.25) is 0 Å². The zero-order valence-electron chi connectivity index (χ0n) is 21.6. The van der Waals surface area contributed by atoms with E-state index in [0.717, 1.165) is 6.42 Å². The molecule has 0 spiro atoms. The predicted octanol–water partition coefficient (Wildman–Crippen LogP) is 4.95. The van der Waals surface area contributed by atoms with Crippen molar-refractivity contribution in [1.29, 1.82) is 0 Å². The number of carbonyl (C=O) groups excluding carboxylic acids is 1. The molecule has 0 fully saturated rings. The van der Waals surface area contributed by atoms with Crippen molar-refractivity contribution in [1.82, 2.24) is 14.5 Å². The minimum absolute atomic E-state index is 0.132. The second kappa shape index (κ2) is 12.3. The van der Waals surface area contributed by atoms with Gasteiger partial charge in [-0.3, -0.25) is 14.2 Å². The number of nitrogens with zero attached hydrogens (tertiary/aromatic N) is 3. The van der Waals surface area contributed by atoms with Gasteiger partial charge in [-0.2, -0.15) is 0 Å². The van der Waals surface area contributed by atoms with Gasteiger partial charge in [0.05, 0.1) is 29.2 Å². The van der Waals surface area contributed by atoms with E-state index in [-0.39, 0.29) is 18.1 Å². The molecule has 0 radical (unpaired) electrons. The number of aryl methyl sites for hydroxylation is 1. The van der Waals surface area contributed by atoms with Crippen LogP contribution in [0.3, 0.4) is 0 Å². The van der Waals surface area contributed by atoms with Gasteiger partial charge in [-0.05, 0) is 54.8 Å². The molecule has 1 atom stereocenters. The van der Waals surface area contributed by atoms with Gasteiger partial charge in [0, 0.05) is 13.7 Å². The largest absolute Gasteiger partial charge is 0.484 e. The summed E-state index contributed by atoms with van der Waals surface area (Å²) in [6.07, 6.45) is 1.45. The summed E-state index contributed by atoms with van der Waals surface area (Å²) in [5.41, 5.74) is 2.33. The molecule has 0 N–H and O–H groups in total. The Morgan fingerprint density at radius 1 is 0.973 bits per heavy atom. The topological polar surface area (TPSA) is 73.7 Å². The SMILES string of the molecule is CCc1ccc(-n2c(C(CC)N(CCOC)C(=O)COc3ccccc3)nc3ccccc3c2=O)cc1. The molecule has 1 aromatic heterocycles. The number of rotatable bonds is 11. The van der Waals surface area contributed by atoms with E-state index in [1.165, 1.54) is 5.56 Å². The van der Waals surface area contributed by atoms with Crippen molar-refractivity contribution < 1.29 is 14.3 Å². The molecule has 0 aliphatic rings. The fraction of sp³-hybridized carbons (Fsp3) is 0.300. The first-order valence-electron chi connectivity index (χ1n) is 12.6. The third-order valence-electron chi connectivity index (χ3n) is 6.43. The van der Waals surface area contributed by atoms with Crippen LogP contribution in [0.15, 0.2) is 83.7 Å². The number of carbonyl (C=O) groups is 1. The third kappa shape index (κ3) is 5.89. The maximum Gasteiger partial charge on any atom is 0.266 e. The minimum Gasteiger partial charge on any atom is -0.484 e. The van der Waals surface area contributed by atoms with E-state index in [9.17, 15) is 9.59 Å². The average Bonchev–Trinajstić information content (AvgIpc) is 2.94. The predicted molar refractivity (Wildman–Crippen MR) is 145 cm³/mol. The smallest absolute Gasteiger partial charge is 0.266 e. The number of amides is 1. The highest BCUT2D eigenvalue weighted by Gasteiger charge is 2.29. The molecule has 1 heterocycles. The van der Waals surface area contributed by atoms with E-state index >= 15 is 0 Å². The van der Waals surface area contributed by atoms with E-state index < -0.39 is 6.04 Å². The van der Waals surface area contributed by atoms with E-state index in [0.29, 0.717) is 47.7 Å². The summed E-state index contributed by atoms with van der Waals surface area (Å²) >= 11 is 0. The number of para-hydroxylation sites is 2. The molecular formula is C30H33N3O4. The first kappa shape index (κ1) is 26.1. The Balaban J connectivity index is 1.80. The summed E-state index contributed by atoms with van der Waals surface area (Å²) in [6.45, 7) is 4.63. The van der Waals surface area contributed by atoms with Crippen molar-refractivity contribution >= 4 is 16.8 Å². The lowest BCUT2D eigenvalue weighted by Gasteiger charge is -2.32. The van der Waals surface area contributed by atoms with Crippen LogP contribution in [0.1, 0.15) is 37.7 Å². The number of methoxy groups -OCH3 is 1. The van der Waals surface area contributed by atoms with Crippen molar-refractivity contribution in [3.63, 3.8) is 0 Å². The second-order valence-corrected chi connectivity index (χ2v) is 8.75. The van der Waals surface area contributed by atoms with Gasteiger partial charge in [0.25, 0.3) is 11.5 Å².